The molecule has 0 bridgehead atoms. The van der Waals surface area contributed by atoms with Crippen molar-refractivity contribution in [1.29, 1.82) is 0 Å². The molecule has 1 amide bonds. The van der Waals surface area contributed by atoms with Gasteiger partial charge in [-0.15, -0.1) is 11.8 Å². The second-order valence-corrected chi connectivity index (χ2v) is 6.99. The van der Waals surface area contributed by atoms with E-state index in [1.165, 1.54) is 38.1 Å². The van der Waals surface area contributed by atoms with Crippen LogP contribution in [0.4, 0.5) is 4.39 Å². The lowest BCUT2D eigenvalue weighted by molar-refractivity contribution is -0.118. The van der Waals surface area contributed by atoms with E-state index in [0.29, 0.717) is 5.75 Å². The highest BCUT2D eigenvalue weighted by Crippen LogP contribution is 2.18. The molecule has 3 nitrogen and oxygen atoms in total. The third kappa shape index (κ3) is 6.36. The zero-order chi connectivity index (χ0) is 15.8. The minimum absolute atomic E-state index is 0.0973. The summed E-state index contributed by atoms with van der Waals surface area (Å²) in [5.74, 6) is 1.83. The number of nitrogens with zero attached hydrogens (tertiary/aromatic N) is 1. The van der Waals surface area contributed by atoms with E-state index >= 15 is 0 Å². The van der Waals surface area contributed by atoms with Crippen LogP contribution < -0.4 is 5.32 Å². The second-order valence-electron chi connectivity index (χ2n) is 6.00. The van der Waals surface area contributed by atoms with Crippen LogP contribution in [-0.4, -0.2) is 43.2 Å². The number of amides is 1. The van der Waals surface area contributed by atoms with Gasteiger partial charge in [-0.25, -0.2) is 4.39 Å². The molecule has 1 N–H and O–H groups in total. The third-order valence-corrected chi connectivity index (χ3v) is 5.13. The second kappa shape index (κ2) is 9.16. The van der Waals surface area contributed by atoms with Gasteiger partial charge in [0, 0.05) is 12.3 Å². The van der Waals surface area contributed by atoms with Crippen molar-refractivity contribution < 1.29 is 9.18 Å². The summed E-state index contributed by atoms with van der Waals surface area (Å²) in [6.45, 7) is 3.13. The Morgan fingerprint density at radius 3 is 2.68 bits per heavy atom. The van der Waals surface area contributed by atoms with E-state index in [1.807, 2.05) is 0 Å². The van der Waals surface area contributed by atoms with Crippen molar-refractivity contribution in [2.45, 2.75) is 25.0 Å². The Morgan fingerprint density at radius 2 is 2.00 bits per heavy atom. The monoisotopic (exact) mass is 324 g/mol. The Kier molecular flexibility index (Phi) is 7.19. The molecule has 1 aromatic rings. The maximum Gasteiger partial charge on any atom is 0.230 e. The van der Waals surface area contributed by atoms with E-state index in [0.717, 1.165) is 30.2 Å². The van der Waals surface area contributed by atoms with Gasteiger partial charge in [-0.05, 0) is 63.0 Å². The molecule has 0 aromatic heterocycles. The molecule has 0 aliphatic carbocycles. The molecule has 5 heteroatoms. The van der Waals surface area contributed by atoms with E-state index < -0.39 is 0 Å². The molecule has 0 saturated carbocycles. The number of carbonyl (C=O) groups is 1. The van der Waals surface area contributed by atoms with Crippen molar-refractivity contribution >= 4 is 17.7 Å². The first-order valence-corrected chi connectivity index (χ1v) is 9.06. The van der Waals surface area contributed by atoms with Gasteiger partial charge in [-0.3, -0.25) is 4.79 Å². The molecule has 1 aromatic carbocycles. The van der Waals surface area contributed by atoms with Gasteiger partial charge in [0.1, 0.15) is 5.82 Å². The van der Waals surface area contributed by atoms with Crippen LogP contribution in [0.2, 0.25) is 0 Å². The van der Waals surface area contributed by atoms with E-state index in [2.05, 4.69) is 17.3 Å². The number of nitrogens with one attached hydrogen (secondary N) is 1. The fraction of sp³-hybridized carbons (Fsp3) is 0.588. The van der Waals surface area contributed by atoms with Crippen molar-refractivity contribution in [3.05, 3.63) is 35.6 Å². The van der Waals surface area contributed by atoms with Gasteiger partial charge in [-0.2, -0.15) is 0 Å². The molecule has 1 heterocycles. The Balaban J connectivity index is 1.53. The summed E-state index contributed by atoms with van der Waals surface area (Å²) in [4.78, 5) is 14.1. The number of benzene rings is 1. The lowest BCUT2D eigenvalue weighted by Crippen LogP contribution is -2.33. The van der Waals surface area contributed by atoms with Crippen LogP contribution in [0.5, 0.6) is 0 Å². The summed E-state index contributed by atoms with van der Waals surface area (Å²) in [6, 6.07) is 6.44. The molecule has 1 aliphatic rings. The van der Waals surface area contributed by atoms with Crippen molar-refractivity contribution in [2.75, 3.05) is 32.4 Å². The molecule has 2 rings (SSSR count). The molecular weight excluding hydrogens is 299 g/mol. The highest BCUT2D eigenvalue weighted by atomic mass is 32.2. The topological polar surface area (TPSA) is 32.3 Å². The summed E-state index contributed by atoms with van der Waals surface area (Å²) in [6.07, 6.45) is 3.57. The fourth-order valence-corrected chi connectivity index (χ4v) is 3.48. The molecular formula is C17H25FN2OS. The summed E-state index contributed by atoms with van der Waals surface area (Å²) in [5, 5.41) is 3.00. The Hall–Kier alpha value is -1.07. The van der Waals surface area contributed by atoms with Gasteiger partial charge in [0.25, 0.3) is 0 Å². The van der Waals surface area contributed by atoms with Crippen LogP contribution in [0, 0.1) is 11.7 Å². The number of carbonyl (C=O) groups excluding carboxylic acids is 1. The minimum Gasteiger partial charge on any atom is -0.355 e. The Bertz CT molecular complexity index is 458. The molecule has 1 saturated heterocycles. The largest absolute Gasteiger partial charge is 0.355 e. The average molecular weight is 324 g/mol. The summed E-state index contributed by atoms with van der Waals surface area (Å²) in [7, 11) is 2.16. The number of thioether (sulfide) groups is 1. The van der Waals surface area contributed by atoms with Crippen molar-refractivity contribution in [3.8, 4) is 0 Å². The lowest BCUT2D eigenvalue weighted by Gasteiger charge is -2.28. The van der Waals surface area contributed by atoms with Crippen LogP contribution >= 0.6 is 11.8 Å². The van der Waals surface area contributed by atoms with Crippen LogP contribution in [0.15, 0.2) is 24.3 Å². The normalized spacial score (nSPS) is 16.6. The van der Waals surface area contributed by atoms with Gasteiger partial charge in [-0.1, -0.05) is 12.1 Å². The van der Waals surface area contributed by atoms with Gasteiger partial charge < -0.3 is 10.2 Å². The predicted octanol–water partition coefficient (Wildman–Crippen LogP) is 2.91. The van der Waals surface area contributed by atoms with Gasteiger partial charge >= 0.3 is 0 Å². The molecule has 0 atom stereocenters. The standard InChI is InChI=1S/C17H25FN2OS/c1-20-10-7-14(8-11-20)6-9-19-17(21)13-22-12-15-2-4-16(18)5-3-15/h2-5,14H,6-13H2,1H3,(H,19,21). The van der Waals surface area contributed by atoms with E-state index in [1.54, 1.807) is 23.9 Å². The average Bonchev–Trinajstić information content (AvgIpc) is 2.51. The molecule has 0 radical (unpaired) electrons. The zero-order valence-electron chi connectivity index (χ0n) is 13.2. The first-order valence-electron chi connectivity index (χ1n) is 7.91. The fourth-order valence-electron chi connectivity index (χ4n) is 2.66. The van der Waals surface area contributed by atoms with Crippen LogP contribution in [0.3, 0.4) is 0 Å². The third-order valence-electron chi connectivity index (χ3n) is 4.13. The molecule has 1 aliphatic heterocycles. The molecule has 122 valence electrons. The van der Waals surface area contributed by atoms with E-state index in [-0.39, 0.29) is 11.7 Å². The summed E-state index contributed by atoms with van der Waals surface area (Å²) >= 11 is 1.57. The van der Waals surface area contributed by atoms with Crippen molar-refractivity contribution in [3.63, 3.8) is 0 Å². The van der Waals surface area contributed by atoms with Crippen LogP contribution in [0.1, 0.15) is 24.8 Å². The highest BCUT2D eigenvalue weighted by molar-refractivity contribution is 7.99. The summed E-state index contributed by atoms with van der Waals surface area (Å²) < 4.78 is 12.8. The number of piperidine rings is 1. The number of hydrogen-bond donors (Lipinski definition) is 1. The predicted molar refractivity (Wildman–Crippen MR) is 90.4 cm³/mol. The highest BCUT2D eigenvalue weighted by Gasteiger charge is 2.16. The van der Waals surface area contributed by atoms with Gasteiger partial charge in [0.2, 0.25) is 5.91 Å². The van der Waals surface area contributed by atoms with E-state index in [4.69, 9.17) is 0 Å². The smallest absolute Gasteiger partial charge is 0.230 e. The number of rotatable bonds is 7. The first kappa shape index (κ1) is 17.3. The molecule has 0 unspecified atom stereocenters. The number of halogens is 1. The van der Waals surface area contributed by atoms with Gasteiger partial charge in [0.15, 0.2) is 0 Å². The van der Waals surface area contributed by atoms with E-state index in [9.17, 15) is 9.18 Å². The Morgan fingerprint density at radius 1 is 1.32 bits per heavy atom. The maximum absolute atomic E-state index is 12.8. The quantitative estimate of drug-likeness (QED) is 0.837. The van der Waals surface area contributed by atoms with Crippen LogP contribution in [-0.2, 0) is 10.5 Å². The van der Waals surface area contributed by atoms with Crippen molar-refractivity contribution in [1.82, 2.24) is 10.2 Å². The van der Waals surface area contributed by atoms with Crippen LogP contribution in [0.25, 0.3) is 0 Å². The molecule has 1 fully saturated rings. The van der Waals surface area contributed by atoms with Gasteiger partial charge in [0.05, 0.1) is 5.75 Å². The Labute approximate surface area is 136 Å². The maximum atomic E-state index is 12.8. The van der Waals surface area contributed by atoms with Crippen molar-refractivity contribution in [2.24, 2.45) is 5.92 Å². The SMILES string of the molecule is CN1CCC(CCNC(=O)CSCc2ccc(F)cc2)CC1. The zero-order valence-corrected chi connectivity index (χ0v) is 14.0. The molecule has 0 spiro atoms. The minimum atomic E-state index is -0.222. The number of hydrogen-bond acceptors (Lipinski definition) is 3. The summed E-state index contributed by atoms with van der Waals surface area (Å²) in [5.41, 5.74) is 1.05. The lowest BCUT2D eigenvalue weighted by atomic mass is 9.94. The number of likely N-dealkylation sites (tertiary alicyclic amines) is 1. The molecule has 22 heavy (non-hydrogen) atoms. The first-order chi connectivity index (χ1) is 10.6.